The highest BCUT2D eigenvalue weighted by molar-refractivity contribution is 7.92. The summed E-state index contributed by atoms with van der Waals surface area (Å²) in [5.74, 6) is -7.66. The molecule has 0 heterocycles. The zero-order valence-corrected chi connectivity index (χ0v) is 17.4. The van der Waals surface area contributed by atoms with Gasteiger partial charge < -0.3 is 5.32 Å². The lowest BCUT2D eigenvalue weighted by atomic mass is 10.1. The van der Waals surface area contributed by atoms with E-state index in [1.165, 1.54) is 30.3 Å². The Kier molecular flexibility index (Phi) is 6.77. The summed E-state index contributed by atoms with van der Waals surface area (Å²) in [5.41, 5.74) is -0.460. The van der Waals surface area contributed by atoms with E-state index in [1.807, 2.05) is 0 Å². The van der Waals surface area contributed by atoms with Crippen LogP contribution in [-0.4, -0.2) is 37.8 Å². The molecule has 0 atom stereocenters. The summed E-state index contributed by atoms with van der Waals surface area (Å²) < 4.78 is 116. The number of amides is 1. The molecule has 6 nitrogen and oxygen atoms in total. The molecule has 0 fully saturated rings. The van der Waals surface area contributed by atoms with Crippen molar-refractivity contribution >= 4 is 33.2 Å². The fraction of sp³-hybridized carbons (Fsp3) is 0.263. The molecule has 2 rings (SSSR count). The van der Waals surface area contributed by atoms with E-state index >= 15 is 0 Å². The summed E-state index contributed by atoms with van der Waals surface area (Å²) in [6.45, 7) is 2.24. The van der Waals surface area contributed by atoms with E-state index in [-0.39, 0.29) is 28.1 Å². The number of halogens is 7. The van der Waals surface area contributed by atoms with Gasteiger partial charge in [-0.25, -0.2) is 13.2 Å². The van der Waals surface area contributed by atoms with E-state index in [0.717, 1.165) is 13.8 Å². The van der Waals surface area contributed by atoms with Gasteiger partial charge in [0.2, 0.25) is 15.9 Å². The van der Waals surface area contributed by atoms with Gasteiger partial charge in [0.05, 0.1) is 10.6 Å². The number of aryl methyl sites for hydroxylation is 2. The zero-order chi connectivity index (χ0) is 25.4. The molecule has 2 aromatic carbocycles. The number of hydrogen-bond donors (Lipinski definition) is 1. The van der Waals surface area contributed by atoms with Crippen molar-refractivity contribution in [2.45, 2.75) is 36.1 Å². The highest BCUT2D eigenvalue weighted by atomic mass is 32.2. The number of anilines is 1. The van der Waals surface area contributed by atoms with Gasteiger partial charge in [0.15, 0.2) is 0 Å². The Morgan fingerprint density at radius 2 is 1.52 bits per heavy atom. The van der Waals surface area contributed by atoms with E-state index in [1.54, 1.807) is 0 Å². The first-order valence-corrected chi connectivity index (χ1v) is 10.1. The first-order valence-electron chi connectivity index (χ1n) is 8.65. The van der Waals surface area contributed by atoms with Crippen LogP contribution in [0.1, 0.15) is 21.5 Å². The first-order chi connectivity index (χ1) is 15.0. The van der Waals surface area contributed by atoms with Gasteiger partial charge in [-0.2, -0.15) is 35.7 Å². The van der Waals surface area contributed by atoms with Crippen LogP contribution in [0.2, 0.25) is 0 Å². The lowest BCUT2D eigenvalue weighted by Crippen LogP contribution is -2.55. The lowest BCUT2D eigenvalue weighted by Gasteiger charge is -2.28. The maximum atomic E-state index is 13.9. The van der Waals surface area contributed by atoms with Crippen LogP contribution in [0.25, 0.3) is 0 Å². The molecule has 1 N–H and O–H groups in total. The number of nitrogens with one attached hydrogen (secondary N) is 1. The molecule has 33 heavy (non-hydrogen) atoms. The second-order valence-electron chi connectivity index (χ2n) is 6.73. The molecule has 0 aliphatic heterocycles. The normalized spacial score (nSPS) is 12.8. The van der Waals surface area contributed by atoms with Crippen LogP contribution < -0.4 is 5.32 Å². The largest absolute Gasteiger partial charge is 0.461 e. The smallest absolute Gasteiger partial charge is 0.322 e. The number of carbonyl (C=O) groups excluding carboxylic acids is 2. The highest BCUT2D eigenvalue weighted by Crippen LogP contribution is 2.51. The van der Waals surface area contributed by atoms with Crippen LogP contribution >= 0.6 is 0 Å². The Morgan fingerprint density at radius 1 is 0.970 bits per heavy atom. The molecule has 1 amide bonds. The number of carbonyl (C=O) groups is 1. The van der Waals surface area contributed by atoms with Crippen molar-refractivity contribution in [3.63, 3.8) is 0 Å². The molecule has 0 unspecified atom stereocenters. The van der Waals surface area contributed by atoms with Gasteiger partial charge in [0, 0.05) is 11.3 Å². The van der Waals surface area contributed by atoms with Crippen molar-refractivity contribution < 1.29 is 48.7 Å². The third-order valence-electron chi connectivity index (χ3n) is 4.40. The number of hydrogen-bond acceptors (Lipinski definition) is 5. The molecule has 0 spiro atoms. The summed E-state index contributed by atoms with van der Waals surface area (Å²) in [5, 5.41) is -4.15. The second-order valence-corrected chi connectivity index (χ2v) is 8.72. The van der Waals surface area contributed by atoms with Crippen LogP contribution in [0.15, 0.2) is 46.3 Å². The van der Waals surface area contributed by atoms with Gasteiger partial charge in [-0.3, -0.25) is 4.79 Å². The van der Waals surface area contributed by atoms with Crippen LogP contribution in [0.4, 0.5) is 42.1 Å². The predicted octanol–water partition coefficient (Wildman–Crippen LogP) is 5.09. The molecule has 0 saturated heterocycles. The number of rotatable bonds is 6. The standard InChI is InChI=1S/C19H13F7N2O4S/c1-10-6-14(33(31,32)19(25,26)17(20,21)18(22,23)24)7-11(2)15(10)28-16(30)12-4-3-5-13(8-12)27-9-29/h3-8H,1-2H3,(H,28,30). The van der Waals surface area contributed by atoms with E-state index in [9.17, 15) is 48.7 Å². The SMILES string of the molecule is Cc1cc(S(=O)(=O)C(F)(F)C(F)(F)C(F)(F)F)cc(C)c1NC(=O)c1cccc(N=C=O)c1. The fourth-order valence-corrected chi connectivity index (χ4v) is 4.13. The van der Waals surface area contributed by atoms with E-state index < -0.39 is 38.0 Å². The van der Waals surface area contributed by atoms with E-state index in [2.05, 4.69) is 10.3 Å². The maximum Gasteiger partial charge on any atom is 0.461 e. The van der Waals surface area contributed by atoms with Crippen LogP contribution in [-0.2, 0) is 14.6 Å². The highest BCUT2D eigenvalue weighted by Gasteiger charge is 2.78. The molecule has 0 bridgehead atoms. The Morgan fingerprint density at radius 3 is 2.00 bits per heavy atom. The monoisotopic (exact) mass is 498 g/mol. The summed E-state index contributed by atoms with van der Waals surface area (Å²) in [6.07, 6.45) is -5.56. The molecule has 0 radical (unpaired) electrons. The summed E-state index contributed by atoms with van der Waals surface area (Å²) in [6, 6.07) is 6.15. The molecular formula is C19H13F7N2O4S. The Balaban J connectivity index is 2.48. The lowest BCUT2D eigenvalue weighted by molar-refractivity contribution is -0.332. The fourth-order valence-electron chi connectivity index (χ4n) is 2.71. The third kappa shape index (κ3) is 4.62. The average Bonchev–Trinajstić information content (AvgIpc) is 2.69. The minimum absolute atomic E-state index is 0.0154. The molecule has 0 aromatic heterocycles. The molecule has 0 aliphatic rings. The van der Waals surface area contributed by atoms with Crippen molar-refractivity contribution in [2.75, 3.05) is 5.32 Å². The first kappa shape index (κ1) is 26.0. The molecule has 2 aromatic rings. The summed E-state index contributed by atoms with van der Waals surface area (Å²) in [7, 11) is -6.50. The molecule has 14 heteroatoms. The summed E-state index contributed by atoms with van der Waals surface area (Å²) in [4.78, 5) is 24.6. The van der Waals surface area contributed by atoms with Crippen molar-refractivity contribution in [3.05, 3.63) is 53.1 Å². The van der Waals surface area contributed by atoms with Gasteiger partial charge in [-0.15, -0.1) is 0 Å². The van der Waals surface area contributed by atoms with Gasteiger partial charge in [0.1, 0.15) is 0 Å². The maximum absolute atomic E-state index is 13.9. The number of alkyl halides is 7. The number of benzene rings is 2. The van der Waals surface area contributed by atoms with E-state index in [0.29, 0.717) is 12.1 Å². The van der Waals surface area contributed by atoms with Crippen LogP contribution in [0.5, 0.6) is 0 Å². The predicted molar refractivity (Wildman–Crippen MR) is 101 cm³/mol. The Bertz CT molecular complexity index is 1230. The molecule has 178 valence electrons. The summed E-state index contributed by atoms with van der Waals surface area (Å²) >= 11 is 0. The quantitative estimate of drug-likeness (QED) is 0.341. The van der Waals surface area contributed by atoms with Gasteiger partial charge in [-0.05, 0) is 55.3 Å². The third-order valence-corrected chi connectivity index (χ3v) is 6.18. The van der Waals surface area contributed by atoms with Crippen molar-refractivity contribution in [1.29, 1.82) is 0 Å². The van der Waals surface area contributed by atoms with Crippen molar-refractivity contribution in [2.24, 2.45) is 4.99 Å². The molecular weight excluding hydrogens is 485 g/mol. The second kappa shape index (κ2) is 8.60. The topological polar surface area (TPSA) is 92.7 Å². The van der Waals surface area contributed by atoms with Crippen LogP contribution in [0, 0.1) is 13.8 Å². The van der Waals surface area contributed by atoms with E-state index in [4.69, 9.17) is 0 Å². The zero-order valence-electron chi connectivity index (χ0n) is 16.6. The number of isocyanates is 1. The van der Waals surface area contributed by atoms with Crippen LogP contribution in [0.3, 0.4) is 0 Å². The Hall–Kier alpha value is -3.25. The molecule has 0 aliphatic carbocycles. The van der Waals surface area contributed by atoms with Gasteiger partial charge >= 0.3 is 17.4 Å². The Labute approximate surface area is 182 Å². The van der Waals surface area contributed by atoms with Crippen molar-refractivity contribution in [3.8, 4) is 0 Å². The minimum Gasteiger partial charge on any atom is -0.322 e. The van der Waals surface area contributed by atoms with Gasteiger partial charge in [-0.1, -0.05) is 6.07 Å². The number of sulfone groups is 1. The minimum atomic E-state index is -6.86. The average molecular weight is 498 g/mol. The van der Waals surface area contributed by atoms with Gasteiger partial charge in [0.25, 0.3) is 5.91 Å². The molecule has 0 saturated carbocycles. The van der Waals surface area contributed by atoms with Crippen molar-refractivity contribution in [1.82, 2.24) is 0 Å². The number of aliphatic imine (C=N–C) groups is 1. The number of nitrogens with zero attached hydrogens (tertiary/aromatic N) is 1.